The van der Waals surface area contributed by atoms with Gasteiger partial charge in [0.25, 0.3) is 0 Å². The van der Waals surface area contributed by atoms with Crippen LogP contribution in [0.5, 0.6) is 5.75 Å². The molecule has 2 heteroatoms. The number of anilines is 1. The summed E-state index contributed by atoms with van der Waals surface area (Å²) in [6, 6.07) is 6.41. The zero-order chi connectivity index (χ0) is 12.6. The van der Waals surface area contributed by atoms with Crippen molar-refractivity contribution in [3.63, 3.8) is 0 Å². The van der Waals surface area contributed by atoms with Crippen molar-refractivity contribution < 1.29 is 4.74 Å². The van der Waals surface area contributed by atoms with E-state index in [4.69, 9.17) is 4.74 Å². The predicted octanol–water partition coefficient (Wildman–Crippen LogP) is 4.00. The average Bonchev–Trinajstić information content (AvgIpc) is 2.70. The Morgan fingerprint density at radius 2 is 2.28 bits per heavy atom. The first-order valence-electron chi connectivity index (χ1n) is 7.21. The van der Waals surface area contributed by atoms with Crippen LogP contribution in [-0.2, 0) is 6.42 Å². The molecule has 0 saturated heterocycles. The zero-order valence-corrected chi connectivity index (χ0v) is 11.5. The number of nitrogens with one attached hydrogen (secondary N) is 1. The lowest BCUT2D eigenvalue weighted by atomic mass is 10.00. The van der Waals surface area contributed by atoms with Crippen LogP contribution >= 0.6 is 0 Å². The summed E-state index contributed by atoms with van der Waals surface area (Å²) in [5.74, 6) is 1.91. The maximum atomic E-state index is 6.39. The predicted molar refractivity (Wildman–Crippen MR) is 75.3 cm³/mol. The fourth-order valence-electron chi connectivity index (χ4n) is 3.42. The summed E-state index contributed by atoms with van der Waals surface area (Å²) in [5, 5.41) is 3.47. The third kappa shape index (κ3) is 2.21. The van der Waals surface area contributed by atoms with Gasteiger partial charge in [-0.3, -0.25) is 0 Å². The van der Waals surface area contributed by atoms with E-state index in [0.717, 1.165) is 24.6 Å². The second-order valence-corrected chi connectivity index (χ2v) is 6.21. The minimum absolute atomic E-state index is 0.0476. The van der Waals surface area contributed by atoms with E-state index in [-0.39, 0.29) is 5.60 Å². The summed E-state index contributed by atoms with van der Waals surface area (Å²) in [6.45, 7) is 5.69. The van der Waals surface area contributed by atoms with E-state index in [1.807, 2.05) is 0 Å². The summed E-state index contributed by atoms with van der Waals surface area (Å²) in [7, 11) is 0. The van der Waals surface area contributed by atoms with Crippen LogP contribution in [0, 0.1) is 5.92 Å². The Labute approximate surface area is 110 Å². The highest BCUT2D eigenvalue weighted by molar-refractivity contribution is 5.59. The monoisotopic (exact) mass is 245 g/mol. The van der Waals surface area contributed by atoms with Crippen molar-refractivity contribution in [2.24, 2.45) is 5.92 Å². The lowest BCUT2D eigenvalue weighted by molar-refractivity contribution is 0.0916. The standard InChI is InChI=1S/C16H23NO/c1-12-8-9-16(2,11-12)18-15-7-3-6-14-13(15)5-4-10-17-14/h3,6-7,12,17H,4-5,8-11H2,1-2H3. The number of hydrogen-bond donors (Lipinski definition) is 1. The highest BCUT2D eigenvalue weighted by Gasteiger charge is 2.35. The van der Waals surface area contributed by atoms with Crippen molar-refractivity contribution >= 4 is 5.69 Å². The lowest BCUT2D eigenvalue weighted by Gasteiger charge is -2.29. The van der Waals surface area contributed by atoms with Crippen LogP contribution in [0.3, 0.4) is 0 Å². The molecule has 2 unspecified atom stereocenters. The summed E-state index contributed by atoms with van der Waals surface area (Å²) in [4.78, 5) is 0. The molecule has 0 bridgehead atoms. The van der Waals surface area contributed by atoms with E-state index >= 15 is 0 Å². The van der Waals surface area contributed by atoms with Gasteiger partial charge in [-0.05, 0) is 57.1 Å². The quantitative estimate of drug-likeness (QED) is 0.850. The van der Waals surface area contributed by atoms with E-state index in [0.29, 0.717) is 0 Å². The molecule has 2 aliphatic rings. The largest absolute Gasteiger partial charge is 0.487 e. The molecule has 18 heavy (non-hydrogen) atoms. The van der Waals surface area contributed by atoms with Gasteiger partial charge in [-0.1, -0.05) is 13.0 Å². The molecule has 1 saturated carbocycles. The van der Waals surface area contributed by atoms with Crippen molar-refractivity contribution in [2.45, 2.75) is 51.6 Å². The Morgan fingerprint density at radius 1 is 1.39 bits per heavy atom. The van der Waals surface area contributed by atoms with Gasteiger partial charge in [0.2, 0.25) is 0 Å². The van der Waals surface area contributed by atoms with Crippen molar-refractivity contribution in [2.75, 3.05) is 11.9 Å². The Morgan fingerprint density at radius 3 is 3.06 bits per heavy atom. The van der Waals surface area contributed by atoms with Crippen LogP contribution in [0.4, 0.5) is 5.69 Å². The molecule has 1 aliphatic heterocycles. The molecule has 0 amide bonds. The van der Waals surface area contributed by atoms with Gasteiger partial charge in [-0.15, -0.1) is 0 Å². The second kappa shape index (κ2) is 4.49. The minimum atomic E-state index is 0.0476. The van der Waals surface area contributed by atoms with Crippen LogP contribution in [-0.4, -0.2) is 12.1 Å². The molecule has 1 fully saturated rings. The van der Waals surface area contributed by atoms with Crippen LogP contribution in [0.15, 0.2) is 18.2 Å². The molecular formula is C16H23NO. The van der Waals surface area contributed by atoms with Gasteiger partial charge in [0.15, 0.2) is 0 Å². The molecule has 1 aromatic carbocycles. The number of ether oxygens (including phenoxy) is 1. The van der Waals surface area contributed by atoms with E-state index in [9.17, 15) is 0 Å². The summed E-state index contributed by atoms with van der Waals surface area (Å²) in [6.07, 6.45) is 6.02. The molecule has 1 aromatic rings. The first-order valence-corrected chi connectivity index (χ1v) is 7.21. The normalized spacial score (nSPS) is 30.7. The van der Waals surface area contributed by atoms with Crippen LogP contribution < -0.4 is 10.1 Å². The molecule has 1 heterocycles. The van der Waals surface area contributed by atoms with Crippen LogP contribution in [0.25, 0.3) is 0 Å². The zero-order valence-electron chi connectivity index (χ0n) is 11.5. The molecule has 3 rings (SSSR count). The molecule has 1 aliphatic carbocycles. The minimum Gasteiger partial charge on any atom is -0.487 e. The molecule has 98 valence electrons. The first kappa shape index (κ1) is 11.9. The summed E-state index contributed by atoms with van der Waals surface area (Å²) >= 11 is 0. The molecule has 0 aromatic heterocycles. The van der Waals surface area contributed by atoms with Crippen molar-refractivity contribution in [1.29, 1.82) is 0 Å². The first-order chi connectivity index (χ1) is 8.66. The molecule has 1 N–H and O–H groups in total. The third-order valence-corrected chi connectivity index (χ3v) is 4.35. The van der Waals surface area contributed by atoms with Crippen molar-refractivity contribution in [3.05, 3.63) is 23.8 Å². The molecule has 2 atom stereocenters. The van der Waals surface area contributed by atoms with E-state index in [1.165, 1.54) is 36.9 Å². The maximum absolute atomic E-state index is 6.39. The molecule has 2 nitrogen and oxygen atoms in total. The van der Waals surface area contributed by atoms with E-state index in [1.54, 1.807) is 0 Å². The SMILES string of the molecule is CC1CCC(C)(Oc2cccc3c2CCCN3)C1. The molecular weight excluding hydrogens is 222 g/mol. The van der Waals surface area contributed by atoms with Gasteiger partial charge in [0.1, 0.15) is 11.4 Å². The Kier molecular flexibility index (Phi) is 2.96. The number of fused-ring (bicyclic) bond motifs is 1. The van der Waals surface area contributed by atoms with Gasteiger partial charge in [-0.25, -0.2) is 0 Å². The van der Waals surface area contributed by atoms with E-state index in [2.05, 4.69) is 37.4 Å². The number of benzene rings is 1. The maximum Gasteiger partial charge on any atom is 0.125 e. The molecule has 0 spiro atoms. The fraction of sp³-hybridized carbons (Fsp3) is 0.625. The average molecular weight is 245 g/mol. The van der Waals surface area contributed by atoms with Crippen LogP contribution in [0.1, 0.15) is 45.1 Å². The molecule has 0 radical (unpaired) electrons. The summed E-state index contributed by atoms with van der Waals surface area (Å²) < 4.78 is 6.39. The van der Waals surface area contributed by atoms with Gasteiger partial charge in [0, 0.05) is 17.8 Å². The summed E-state index contributed by atoms with van der Waals surface area (Å²) in [5.41, 5.74) is 2.70. The Bertz CT molecular complexity index is 443. The Hall–Kier alpha value is -1.18. The topological polar surface area (TPSA) is 21.3 Å². The lowest BCUT2D eigenvalue weighted by Crippen LogP contribution is -2.29. The van der Waals surface area contributed by atoms with Crippen LogP contribution in [0.2, 0.25) is 0 Å². The third-order valence-electron chi connectivity index (χ3n) is 4.35. The van der Waals surface area contributed by atoms with Crippen molar-refractivity contribution in [1.82, 2.24) is 0 Å². The van der Waals surface area contributed by atoms with Gasteiger partial charge < -0.3 is 10.1 Å². The van der Waals surface area contributed by atoms with Crippen molar-refractivity contribution in [3.8, 4) is 5.75 Å². The second-order valence-electron chi connectivity index (χ2n) is 6.21. The van der Waals surface area contributed by atoms with Gasteiger partial charge in [0.05, 0.1) is 0 Å². The Balaban J connectivity index is 1.84. The van der Waals surface area contributed by atoms with Gasteiger partial charge >= 0.3 is 0 Å². The highest BCUT2D eigenvalue weighted by Crippen LogP contribution is 2.40. The fourth-order valence-corrected chi connectivity index (χ4v) is 3.42. The smallest absolute Gasteiger partial charge is 0.125 e. The number of rotatable bonds is 2. The van der Waals surface area contributed by atoms with E-state index < -0.39 is 0 Å². The highest BCUT2D eigenvalue weighted by atomic mass is 16.5. The van der Waals surface area contributed by atoms with Gasteiger partial charge in [-0.2, -0.15) is 0 Å². The number of hydrogen-bond acceptors (Lipinski definition) is 2.